The normalized spacial score (nSPS) is 13.2. The van der Waals surface area contributed by atoms with Gasteiger partial charge in [0, 0.05) is 67.7 Å². The highest BCUT2D eigenvalue weighted by molar-refractivity contribution is 5.92. The first-order valence-corrected chi connectivity index (χ1v) is 10.0. The number of anilines is 1. The van der Waals surface area contributed by atoms with Crippen LogP contribution in [0.25, 0.3) is 10.9 Å². The van der Waals surface area contributed by atoms with Crippen LogP contribution in [0.2, 0.25) is 0 Å². The van der Waals surface area contributed by atoms with E-state index in [1.54, 1.807) is 39.5 Å². The van der Waals surface area contributed by atoms with E-state index >= 15 is 0 Å². The van der Waals surface area contributed by atoms with Crippen molar-refractivity contribution in [2.75, 3.05) is 39.8 Å². The molecule has 2 heterocycles. The number of nitrogens with one attached hydrogen (secondary N) is 1. The fraction of sp³-hybridized carbons (Fsp3) is 0.348. The van der Waals surface area contributed by atoms with Gasteiger partial charge in [-0.1, -0.05) is 12.1 Å². The molecule has 0 saturated heterocycles. The summed E-state index contributed by atoms with van der Waals surface area (Å²) in [6.45, 7) is 2.70. The average molecular weight is 409 g/mol. The molecule has 0 radical (unpaired) electrons. The Hall–Kier alpha value is -3.19. The maximum atomic E-state index is 13.0. The van der Waals surface area contributed by atoms with Crippen LogP contribution in [0.4, 0.5) is 10.5 Å². The van der Waals surface area contributed by atoms with E-state index in [4.69, 9.17) is 14.2 Å². The van der Waals surface area contributed by atoms with Crippen molar-refractivity contribution in [3.63, 3.8) is 0 Å². The Kier molecular flexibility index (Phi) is 5.81. The molecule has 0 bridgehead atoms. The fourth-order valence-corrected chi connectivity index (χ4v) is 4.01. The first-order chi connectivity index (χ1) is 14.6. The quantitative estimate of drug-likeness (QED) is 0.671. The number of amides is 2. The van der Waals surface area contributed by atoms with Crippen molar-refractivity contribution in [3.05, 3.63) is 53.7 Å². The van der Waals surface area contributed by atoms with E-state index in [-0.39, 0.29) is 6.03 Å². The van der Waals surface area contributed by atoms with E-state index in [0.717, 1.165) is 18.5 Å². The van der Waals surface area contributed by atoms with Crippen LogP contribution < -0.4 is 14.8 Å². The molecule has 0 spiro atoms. The number of hydrogen-bond donors (Lipinski definition) is 1. The van der Waals surface area contributed by atoms with Crippen molar-refractivity contribution in [1.29, 1.82) is 0 Å². The van der Waals surface area contributed by atoms with Crippen LogP contribution in [0.5, 0.6) is 11.5 Å². The Morgan fingerprint density at radius 3 is 2.53 bits per heavy atom. The van der Waals surface area contributed by atoms with Gasteiger partial charge in [0.05, 0.1) is 20.8 Å². The zero-order valence-electron chi connectivity index (χ0n) is 17.6. The molecule has 0 fully saturated rings. The predicted octanol–water partition coefficient (Wildman–Crippen LogP) is 3.90. The lowest BCUT2D eigenvalue weighted by Crippen LogP contribution is -2.35. The second-order valence-electron chi connectivity index (χ2n) is 7.35. The predicted molar refractivity (Wildman–Crippen MR) is 116 cm³/mol. The molecule has 158 valence electrons. The van der Waals surface area contributed by atoms with Crippen LogP contribution in [0.3, 0.4) is 0 Å². The van der Waals surface area contributed by atoms with Crippen molar-refractivity contribution >= 4 is 22.6 Å². The van der Waals surface area contributed by atoms with Crippen molar-refractivity contribution in [1.82, 2.24) is 9.47 Å². The Bertz CT molecular complexity index is 1040. The van der Waals surface area contributed by atoms with Crippen molar-refractivity contribution in [2.24, 2.45) is 0 Å². The van der Waals surface area contributed by atoms with Gasteiger partial charge in [0.2, 0.25) is 0 Å². The molecule has 0 aliphatic carbocycles. The van der Waals surface area contributed by atoms with E-state index in [0.29, 0.717) is 36.9 Å². The third kappa shape index (κ3) is 3.93. The van der Waals surface area contributed by atoms with Gasteiger partial charge in [-0.15, -0.1) is 0 Å². The second kappa shape index (κ2) is 8.67. The third-order valence-corrected chi connectivity index (χ3v) is 5.51. The number of nitrogens with zero attached hydrogens (tertiary/aromatic N) is 2. The molecule has 2 amide bonds. The number of carbonyl (C=O) groups is 1. The third-order valence-electron chi connectivity index (χ3n) is 5.51. The highest BCUT2D eigenvalue weighted by Gasteiger charge is 2.22. The van der Waals surface area contributed by atoms with Crippen LogP contribution in [-0.2, 0) is 24.2 Å². The lowest BCUT2D eigenvalue weighted by molar-refractivity contribution is 0.188. The standard InChI is InChI=1S/C23H27N3O4/c1-28-10-9-25-14-17-7-8-26(15-16-5-4-6-21(25)22(16)17)23(27)24-18-11-19(29-2)13-20(12-18)30-3/h4-6,11-14H,7-10,15H2,1-3H3,(H,24,27). The van der Waals surface area contributed by atoms with E-state index in [1.807, 2.05) is 4.90 Å². The smallest absolute Gasteiger partial charge is 0.322 e. The van der Waals surface area contributed by atoms with Gasteiger partial charge in [0.15, 0.2) is 0 Å². The molecule has 30 heavy (non-hydrogen) atoms. The van der Waals surface area contributed by atoms with Crippen LogP contribution in [0.15, 0.2) is 42.6 Å². The molecule has 1 aromatic heterocycles. The highest BCUT2D eigenvalue weighted by atomic mass is 16.5. The Morgan fingerprint density at radius 1 is 1.07 bits per heavy atom. The Balaban J connectivity index is 1.56. The maximum absolute atomic E-state index is 13.0. The fourth-order valence-electron chi connectivity index (χ4n) is 4.01. The SMILES string of the molecule is COCCn1cc2c3c(cccc31)CN(C(=O)Nc1cc(OC)cc(OC)c1)CC2. The topological polar surface area (TPSA) is 65.0 Å². The zero-order chi connectivity index (χ0) is 21.1. The first-order valence-electron chi connectivity index (χ1n) is 10.0. The molecule has 7 nitrogen and oxygen atoms in total. The molecule has 3 aromatic rings. The van der Waals surface area contributed by atoms with Crippen LogP contribution >= 0.6 is 0 Å². The number of benzene rings is 2. The molecule has 1 N–H and O–H groups in total. The Labute approximate surface area is 176 Å². The lowest BCUT2D eigenvalue weighted by Gasteiger charge is -2.22. The van der Waals surface area contributed by atoms with Crippen LogP contribution in [0, 0.1) is 0 Å². The molecular weight excluding hydrogens is 382 g/mol. The first kappa shape index (κ1) is 20.1. The second-order valence-corrected chi connectivity index (χ2v) is 7.35. The van der Waals surface area contributed by atoms with Crippen LogP contribution in [-0.4, -0.2) is 50.0 Å². The van der Waals surface area contributed by atoms with Gasteiger partial charge in [-0.25, -0.2) is 4.79 Å². The molecule has 7 heteroatoms. The van der Waals surface area contributed by atoms with Gasteiger partial charge < -0.3 is 29.0 Å². The summed E-state index contributed by atoms with van der Waals surface area (Å²) >= 11 is 0. The Morgan fingerprint density at radius 2 is 1.83 bits per heavy atom. The van der Waals surface area contributed by atoms with E-state index < -0.39 is 0 Å². The summed E-state index contributed by atoms with van der Waals surface area (Å²) in [6.07, 6.45) is 3.00. The van der Waals surface area contributed by atoms with Crippen molar-refractivity contribution in [2.45, 2.75) is 19.5 Å². The molecule has 0 saturated carbocycles. The van der Waals surface area contributed by atoms with Crippen molar-refractivity contribution < 1.29 is 19.0 Å². The minimum absolute atomic E-state index is 0.139. The van der Waals surface area contributed by atoms with Gasteiger partial charge in [-0.05, 0) is 23.6 Å². The number of methoxy groups -OCH3 is 3. The van der Waals surface area contributed by atoms with Gasteiger partial charge in [0.25, 0.3) is 0 Å². The van der Waals surface area contributed by atoms with Gasteiger partial charge in [0.1, 0.15) is 11.5 Å². The summed E-state index contributed by atoms with van der Waals surface area (Å²) in [5, 5.41) is 4.24. The number of rotatable bonds is 6. The highest BCUT2D eigenvalue weighted by Crippen LogP contribution is 2.30. The minimum atomic E-state index is -0.139. The lowest BCUT2D eigenvalue weighted by atomic mass is 10.1. The number of ether oxygens (including phenoxy) is 3. The molecule has 4 rings (SSSR count). The summed E-state index contributed by atoms with van der Waals surface area (Å²) < 4.78 is 18.1. The van der Waals surface area contributed by atoms with Gasteiger partial charge in [-0.2, -0.15) is 0 Å². The van der Waals surface area contributed by atoms with E-state index in [9.17, 15) is 4.79 Å². The summed E-state index contributed by atoms with van der Waals surface area (Å²) in [5.41, 5.74) is 4.27. The maximum Gasteiger partial charge on any atom is 0.322 e. The molecule has 0 unspecified atom stereocenters. The largest absolute Gasteiger partial charge is 0.497 e. The number of carbonyl (C=O) groups excluding carboxylic acids is 1. The summed E-state index contributed by atoms with van der Waals surface area (Å²) in [6, 6.07) is 11.5. The summed E-state index contributed by atoms with van der Waals surface area (Å²) in [5.74, 6) is 1.26. The minimum Gasteiger partial charge on any atom is -0.497 e. The van der Waals surface area contributed by atoms with Crippen LogP contribution in [0.1, 0.15) is 11.1 Å². The molecule has 2 aromatic carbocycles. The van der Waals surface area contributed by atoms with E-state index in [2.05, 4.69) is 34.3 Å². The number of aromatic nitrogens is 1. The van der Waals surface area contributed by atoms with Gasteiger partial charge in [-0.3, -0.25) is 0 Å². The molecular formula is C23H27N3O4. The monoisotopic (exact) mass is 409 g/mol. The number of urea groups is 1. The van der Waals surface area contributed by atoms with Crippen molar-refractivity contribution in [3.8, 4) is 11.5 Å². The average Bonchev–Trinajstić information content (AvgIpc) is 3.01. The molecule has 0 atom stereocenters. The summed E-state index contributed by atoms with van der Waals surface area (Å²) in [4.78, 5) is 14.9. The molecule has 1 aliphatic rings. The molecule has 1 aliphatic heterocycles. The zero-order valence-corrected chi connectivity index (χ0v) is 17.6. The van der Waals surface area contributed by atoms with Gasteiger partial charge >= 0.3 is 6.03 Å². The summed E-state index contributed by atoms with van der Waals surface area (Å²) in [7, 11) is 4.90. The number of hydrogen-bond acceptors (Lipinski definition) is 4. The van der Waals surface area contributed by atoms with E-state index in [1.165, 1.54) is 16.5 Å².